The summed E-state index contributed by atoms with van der Waals surface area (Å²) in [5.74, 6) is 0.731. The molecule has 1 aromatic heterocycles. The van der Waals surface area contributed by atoms with E-state index >= 15 is 0 Å². The molecule has 0 unspecified atom stereocenters. The van der Waals surface area contributed by atoms with Crippen LogP contribution in [0.1, 0.15) is 29.8 Å². The molecule has 0 bridgehead atoms. The van der Waals surface area contributed by atoms with Crippen LogP contribution in [0.15, 0.2) is 18.3 Å². The van der Waals surface area contributed by atoms with Gasteiger partial charge in [0.1, 0.15) is 5.69 Å². The number of unbranched alkanes of at least 4 members (excludes halogenated alkanes) is 2. The lowest BCUT2D eigenvalue weighted by Crippen LogP contribution is -2.13. The van der Waals surface area contributed by atoms with Crippen molar-refractivity contribution in [3.05, 3.63) is 24.0 Å². The SMILES string of the molecule is CSCCCCCNc1ccnc(C(N)=O)c1. The highest BCUT2D eigenvalue weighted by molar-refractivity contribution is 7.98. The van der Waals surface area contributed by atoms with Crippen LogP contribution in [0.5, 0.6) is 0 Å². The topological polar surface area (TPSA) is 68.0 Å². The van der Waals surface area contributed by atoms with Crippen LogP contribution in [-0.2, 0) is 0 Å². The Morgan fingerprint density at radius 1 is 1.47 bits per heavy atom. The van der Waals surface area contributed by atoms with Gasteiger partial charge in [0, 0.05) is 18.4 Å². The van der Waals surface area contributed by atoms with Crippen LogP contribution < -0.4 is 11.1 Å². The number of nitrogens with two attached hydrogens (primary N) is 1. The molecule has 0 atom stereocenters. The molecule has 94 valence electrons. The average molecular weight is 253 g/mol. The summed E-state index contributed by atoms with van der Waals surface area (Å²) in [4.78, 5) is 14.8. The van der Waals surface area contributed by atoms with Crippen molar-refractivity contribution in [3.63, 3.8) is 0 Å². The minimum absolute atomic E-state index is 0.303. The highest BCUT2D eigenvalue weighted by atomic mass is 32.2. The van der Waals surface area contributed by atoms with Gasteiger partial charge < -0.3 is 11.1 Å². The molecule has 0 fully saturated rings. The van der Waals surface area contributed by atoms with Crippen molar-refractivity contribution in [1.29, 1.82) is 0 Å². The van der Waals surface area contributed by atoms with Gasteiger partial charge in [0.05, 0.1) is 0 Å². The summed E-state index contributed by atoms with van der Waals surface area (Å²) in [6, 6.07) is 3.53. The van der Waals surface area contributed by atoms with Gasteiger partial charge in [-0.1, -0.05) is 6.42 Å². The van der Waals surface area contributed by atoms with E-state index in [9.17, 15) is 4.79 Å². The molecule has 4 nitrogen and oxygen atoms in total. The summed E-state index contributed by atoms with van der Waals surface area (Å²) in [6.45, 7) is 0.913. The van der Waals surface area contributed by atoms with Gasteiger partial charge in [-0.05, 0) is 37.0 Å². The fourth-order valence-corrected chi connectivity index (χ4v) is 1.95. The molecule has 1 amide bonds. The smallest absolute Gasteiger partial charge is 0.267 e. The minimum atomic E-state index is -0.492. The van der Waals surface area contributed by atoms with Crippen LogP contribution in [0.4, 0.5) is 5.69 Å². The lowest BCUT2D eigenvalue weighted by molar-refractivity contribution is 0.0995. The van der Waals surface area contributed by atoms with E-state index in [-0.39, 0.29) is 0 Å². The Bertz CT molecular complexity index is 357. The Balaban J connectivity index is 2.27. The van der Waals surface area contributed by atoms with Crippen molar-refractivity contribution in [1.82, 2.24) is 4.98 Å². The second kappa shape index (κ2) is 7.95. The minimum Gasteiger partial charge on any atom is -0.385 e. The molecule has 0 aliphatic carbocycles. The maximum atomic E-state index is 10.9. The van der Waals surface area contributed by atoms with Crippen LogP contribution in [0.25, 0.3) is 0 Å². The molecule has 3 N–H and O–H groups in total. The van der Waals surface area contributed by atoms with Gasteiger partial charge in [0.15, 0.2) is 0 Å². The van der Waals surface area contributed by atoms with E-state index < -0.39 is 5.91 Å². The summed E-state index contributed by atoms with van der Waals surface area (Å²) in [6.07, 6.45) is 7.33. The largest absolute Gasteiger partial charge is 0.385 e. The number of hydrogen-bond acceptors (Lipinski definition) is 4. The lowest BCUT2D eigenvalue weighted by atomic mass is 10.2. The first-order valence-electron chi connectivity index (χ1n) is 5.72. The molecular weight excluding hydrogens is 234 g/mol. The van der Waals surface area contributed by atoms with Crippen molar-refractivity contribution < 1.29 is 4.79 Å². The normalized spacial score (nSPS) is 10.2. The summed E-state index contributed by atoms with van der Waals surface area (Å²) < 4.78 is 0. The number of rotatable bonds is 8. The summed E-state index contributed by atoms with van der Waals surface area (Å²) in [7, 11) is 0. The molecule has 17 heavy (non-hydrogen) atoms. The molecule has 0 saturated carbocycles. The Hall–Kier alpha value is -1.23. The predicted molar refractivity (Wildman–Crippen MR) is 73.5 cm³/mol. The van der Waals surface area contributed by atoms with E-state index in [1.165, 1.54) is 18.6 Å². The highest BCUT2D eigenvalue weighted by Crippen LogP contribution is 2.08. The Morgan fingerprint density at radius 2 is 2.29 bits per heavy atom. The van der Waals surface area contributed by atoms with Gasteiger partial charge in [-0.2, -0.15) is 11.8 Å². The van der Waals surface area contributed by atoms with Crippen molar-refractivity contribution >= 4 is 23.4 Å². The number of nitrogens with one attached hydrogen (secondary N) is 1. The first kappa shape index (κ1) is 13.8. The van der Waals surface area contributed by atoms with E-state index in [0.717, 1.165) is 18.7 Å². The average Bonchev–Trinajstić information content (AvgIpc) is 2.34. The number of aromatic nitrogens is 1. The van der Waals surface area contributed by atoms with Gasteiger partial charge in [-0.3, -0.25) is 9.78 Å². The predicted octanol–water partition coefficient (Wildman–Crippen LogP) is 2.13. The van der Waals surface area contributed by atoms with E-state index in [2.05, 4.69) is 16.6 Å². The molecule has 1 heterocycles. The maximum Gasteiger partial charge on any atom is 0.267 e. The summed E-state index contributed by atoms with van der Waals surface area (Å²) >= 11 is 1.88. The van der Waals surface area contributed by atoms with Crippen LogP contribution in [-0.4, -0.2) is 29.4 Å². The number of carbonyl (C=O) groups excluding carboxylic acids is 1. The van der Waals surface area contributed by atoms with Gasteiger partial charge >= 0.3 is 0 Å². The molecule has 0 aliphatic rings. The number of hydrogen-bond donors (Lipinski definition) is 2. The standard InChI is InChI=1S/C12H19N3OS/c1-17-8-4-2-3-6-14-10-5-7-15-11(9-10)12(13)16/h5,7,9H,2-4,6,8H2,1H3,(H2,13,16)(H,14,15). The van der Waals surface area contributed by atoms with Gasteiger partial charge in [-0.25, -0.2) is 0 Å². The second-order valence-electron chi connectivity index (χ2n) is 3.77. The van der Waals surface area contributed by atoms with E-state index in [1.54, 1.807) is 12.3 Å². The third kappa shape index (κ3) is 5.58. The first-order chi connectivity index (χ1) is 8.24. The quantitative estimate of drug-likeness (QED) is 0.696. The highest BCUT2D eigenvalue weighted by Gasteiger charge is 2.02. The Kier molecular flexibility index (Phi) is 6.47. The number of pyridine rings is 1. The Morgan fingerprint density at radius 3 is 3.00 bits per heavy atom. The molecule has 1 rings (SSSR count). The van der Waals surface area contributed by atoms with Crippen molar-refractivity contribution in [2.75, 3.05) is 23.9 Å². The van der Waals surface area contributed by atoms with E-state index in [1.807, 2.05) is 17.8 Å². The fraction of sp³-hybridized carbons (Fsp3) is 0.500. The summed E-state index contributed by atoms with van der Waals surface area (Å²) in [5, 5.41) is 3.26. The molecule has 0 radical (unpaired) electrons. The molecule has 0 aliphatic heterocycles. The number of anilines is 1. The molecule has 0 aromatic carbocycles. The van der Waals surface area contributed by atoms with E-state index in [0.29, 0.717) is 5.69 Å². The third-order valence-corrected chi connectivity index (χ3v) is 3.06. The third-order valence-electron chi connectivity index (χ3n) is 2.37. The molecule has 1 aromatic rings. The molecule has 0 saturated heterocycles. The number of carbonyl (C=O) groups is 1. The number of thioether (sulfide) groups is 1. The summed E-state index contributed by atoms with van der Waals surface area (Å²) in [5.41, 5.74) is 6.37. The van der Waals surface area contributed by atoms with Crippen molar-refractivity contribution in [2.24, 2.45) is 5.73 Å². The Labute approximate surface area is 106 Å². The lowest BCUT2D eigenvalue weighted by Gasteiger charge is -2.06. The first-order valence-corrected chi connectivity index (χ1v) is 7.12. The fourth-order valence-electron chi connectivity index (χ4n) is 1.46. The van der Waals surface area contributed by atoms with Crippen molar-refractivity contribution in [3.8, 4) is 0 Å². The number of amides is 1. The van der Waals surface area contributed by atoms with Crippen LogP contribution in [0, 0.1) is 0 Å². The van der Waals surface area contributed by atoms with Gasteiger partial charge in [0.2, 0.25) is 0 Å². The zero-order valence-electron chi connectivity index (χ0n) is 10.1. The van der Waals surface area contributed by atoms with Crippen LogP contribution >= 0.6 is 11.8 Å². The van der Waals surface area contributed by atoms with Gasteiger partial charge in [0.25, 0.3) is 5.91 Å². The zero-order chi connectivity index (χ0) is 12.5. The van der Waals surface area contributed by atoms with Gasteiger partial charge in [-0.15, -0.1) is 0 Å². The maximum absolute atomic E-state index is 10.9. The van der Waals surface area contributed by atoms with Crippen molar-refractivity contribution in [2.45, 2.75) is 19.3 Å². The second-order valence-corrected chi connectivity index (χ2v) is 4.76. The van der Waals surface area contributed by atoms with E-state index in [4.69, 9.17) is 5.73 Å². The molecule has 5 heteroatoms. The monoisotopic (exact) mass is 253 g/mol. The number of nitrogens with zero attached hydrogens (tertiary/aromatic N) is 1. The molecular formula is C12H19N3OS. The zero-order valence-corrected chi connectivity index (χ0v) is 10.9. The van der Waals surface area contributed by atoms with Crippen LogP contribution in [0.2, 0.25) is 0 Å². The number of primary amides is 1. The molecule has 0 spiro atoms. The van der Waals surface area contributed by atoms with Crippen LogP contribution in [0.3, 0.4) is 0 Å².